The van der Waals surface area contributed by atoms with Crippen molar-refractivity contribution in [2.24, 2.45) is 5.92 Å². The predicted molar refractivity (Wildman–Crippen MR) is 87.9 cm³/mol. The summed E-state index contributed by atoms with van der Waals surface area (Å²) in [6, 6.07) is 7.81. The van der Waals surface area contributed by atoms with Gasteiger partial charge in [0.25, 0.3) is 0 Å². The van der Waals surface area contributed by atoms with Gasteiger partial charge in [0.2, 0.25) is 11.8 Å². The zero-order valence-corrected chi connectivity index (χ0v) is 13.5. The fourth-order valence-electron chi connectivity index (χ4n) is 3.69. The summed E-state index contributed by atoms with van der Waals surface area (Å²) in [5, 5.41) is 12.5. The number of aliphatic hydroxyl groups excluding tert-OH is 1. The van der Waals surface area contributed by atoms with E-state index in [0.717, 1.165) is 24.1 Å². The number of carbonyl (C=O) groups excluding carboxylic acids is 2. The zero-order valence-electron chi connectivity index (χ0n) is 13.5. The molecule has 3 rings (SSSR count). The minimum absolute atomic E-state index is 0.00263. The molecule has 2 atom stereocenters. The van der Waals surface area contributed by atoms with Gasteiger partial charge in [-0.25, -0.2) is 0 Å². The Kier molecular flexibility index (Phi) is 4.39. The van der Waals surface area contributed by atoms with E-state index in [2.05, 4.69) is 5.32 Å². The molecule has 2 aliphatic heterocycles. The van der Waals surface area contributed by atoms with Crippen molar-refractivity contribution in [1.29, 1.82) is 0 Å². The largest absolute Gasteiger partial charge is 0.394 e. The highest BCUT2D eigenvalue weighted by atomic mass is 16.3. The molecule has 2 amide bonds. The van der Waals surface area contributed by atoms with E-state index in [1.54, 1.807) is 4.90 Å². The van der Waals surface area contributed by atoms with Gasteiger partial charge in [0.1, 0.15) is 0 Å². The average molecular weight is 316 g/mol. The summed E-state index contributed by atoms with van der Waals surface area (Å²) in [7, 11) is 0. The number of hydrogen-bond acceptors (Lipinski definition) is 3. The van der Waals surface area contributed by atoms with Crippen LogP contribution < -0.4 is 5.32 Å². The number of likely N-dealkylation sites (tertiary alicyclic amines) is 1. The van der Waals surface area contributed by atoms with Gasteiger partial charge in [-0.2, -0.15) is 0 Å². The van der Waals surface area contributed by atoms with E-state index in [1.807, 2.05) is 31.2 Å². The van der Waals surface area contributed by atoms with Crippen molar-refractivity contribution in [3.63, 3.8) is 0 Å². The van der Waals surface area contributed by atoms with Gasteiger partial charge in [-0.1, -0.05) is 18.2 Å². The standard InChI is InChI=1S/C18H24N2O3/c1-18(12-21)9-4-10-20(18)16(22)8-7-14-11-13-5-2-3-6-15(13)19-17(14)23/h2-3,5-6,14,21H,4,7-12H2,1H3,(H,19,23)/t14-,18-/m1/s1. The number of amides is 2. The van der Waals surface area contributed by atoms with E-state index in [9.17, 15) is 14.7 Å². The maximum absolute atomic E-state index is 12.5. The van der Waals surface area contributed by atoms with Crippen molar-refractivity contribution in [3.8, 4) is 0 Å². The lowest BCUT2D eigenvalue weighted by Crippen LogP contribution is -2.47. The Morgan fingerprint density at radius 1 is 1.43 bits per heavy atom. The molecule has 1 fully saturated rings. The van der Waals surface area contributed by atoms with Crippen LogP contribution in [0.2, 0.25) is 0 Å². The van der Waals surface area contributed by atoms with Crippen LogP contribution in [0, 0.1) is 5.92 Å². The Balaban J connectivity index is 1.60. The molecule has 0 aliphatic carbocycles. The first kappa shape index (κ1) is 16.0. The average Bonchev–Trinajstić information content (AvgIpc) is 2.95. The van der Waals surface area contributed by atoms with E-state index in [4.69, 9.17) is 0 Å². The number of rotatable bonds is 4. The lowest BCUT2D eigenvalue weighted by Gasteiger charge is -2.34. The van der Waals surface area contributed by atoms with Crippen LogP contribution in [0.5, 0.6) is 0 Å². The molecule has 0 aromatic heterocycles. The number of benzene rings is 1. The molecule has 0 bridgehead atoms. The van der Waals surface area contributed by atoms with Crippen LogP contribution in [0.4, 0.5) is 5.69 Å². The molecule has 0 spiro atoms. The van der Waals surface area contributed by atoms with E-state index < -0.39 is 5.54 Å². The monoisotopic (exact) mass is 316 g/mol. The van der Waals surface area contributed by atoms with Crippen LogP contribution in [0.25, 0.3) is 0 Å². The third kappa shape index (κ3) is 3.11. The van der Waals surface area contributed by atoms with Gasteiger partial charge in [0, 0.05) is 24.6 Å². The molecule has 1 aromatic rings. The Hall–Kier alpha value is -1.88. The Bertz CT molecular complexity index is 616. The summed E-state index contributed by atoms with van der Waals surface area (Å²) in [5.41, 5.74) is 1.58. The Labute approximate surface area is 136 Å². The van der Waals surface area contributed by atoms with Crippen LogP contribution in [-0.2, 0) is 16.0 Å². The topological polar surface area (TPSA) is 69.6 Å². The number of anilines is 1. The molecule has 0 unspecified atom stereocenters. The first-order valence-electron chi connectivity index (χ1n) is 8.33. The molecule has 5 heteroatoms. The zero-order chi connectivity index (χ0) is 16.4. The van der Waals surface area contributed by atoms with Crippen LogP contribution in [0.15, 0.2) is 24.3 Å². The van der Waals surface area contributed by atoms with Crippen LogP contribution in [-0.4, -0.2) is 40.5 Å². The van der Waals surface area contributed by atoms with Crippen molar-refractivity contribution in [1.82, 2.24) is 4.90 Å². The molecule has 23 heavy (non-hydrogen) atoms. The van der Waals surface area contributed by atoms with Crippen LogP contribution in [0.1, 0.15) is 38.2 Å². The van der Waals surface area contributed by atoms with Gasteiger partial charge in [0.05, 0.1) is 12.1 Å². The van der Waals surface area contributed by atoms with Crippen LogP contribution >= 0.6 is 0 Å². The summed E-state index contributed by atoms with van der Waals surface area (Å²) in [5.74, 6) is -0.106. The second kappa shape index (κ2) is 6.32. The normalized spacial score (nSPS) is 26.8. The molecule has 1 saturated heterocycles. The summed E-state index contributed by atoms with van der Waals surface area (Å²) in [6.07, 6.45) is 3.37. The summed E-state index contributed by atoms with van der Waals surface area (Å²) < 4.78 is 0. The highest BCUT2D eigenvalue weighted by Gasteiger charge is 2.39. The molecule has 124 valence electrons. The maximum atomic E-state index is 12.5. The first-order valence-corrected chi connectivity index (χ1v) is 8.33. The number of fused-ring (bicyclic) bond motifs is 1. The first-order chi connectivity index (χ1) is 11.0. The summed E-state index contributed by atoms with van der Waals surface area (Å²) in [6.45, 7) is 2.63. The lowest BCUT2D eigenvalue weighted by molar-refractivity contribution is -0.136. The molecule has 2 N–H and O–H groups in total. The Morgan fingerprint density at radius 3 is 3.00 bits per heavy atom. The molecule has 5 nitrogen and oxygen atoms in total. The van der Waals surface area contributed by atoms with E-state index in [1.165, 1.54) is 0 Å². The number of carbonyl (C=O) groups is 2. The smallest absolute Gasteiger partial charge is 0.227 e. The highest BCUT2D eigenvalue weighted by molar-refractivity contribution is 5.96. The fraction of sp³-hybridized carbons (Fsp3) is 0.556. The number of hydrogen-bond donors (Lipinski definition) is 2. The molecule has 2 heterocycles. The third-order valence-corrected chi connectivity index (χ3v) is 5.21. The van der Waals surface area contributed by atoms with Gasteiger partial charge < -0.3 is 15.3 Å². The van der Waals surface area contributed by atoms with Crippen LogP contribution in [0.3, 0.4) is 0 Å². The van der Waals surface area contributed by atoms with Gasteiger partial charge in [-0.15, -0.1) is 0 Å². The van der Waals surface area contributed by atoms with Gasteiger partial charge in [-0.05, 0) is 44.2 Å². The SMILES string of the molecule is C[C@]1(CO)CCCN1C(=O)CC[C@@H]1Cc2ccccc2NC1=O. The number of para-hydroxylation sites is 1. The molecule has 0 saturated carbocycles. The molecule has 1 aromatic carbocycles. The molecular formula is C18H24N2O3. The summed E-state index contributed by atoms with van der Waals surface area (Å²) in [4.78, 5) is 26.5. The van der Waals surface area contributed by atoms with Crippen molar-refractivity contribution >= 4 is 17.5 Å². The van der Waals surface area contributed by atoms with Crippen molar-refractivity contribution in [2.75, 3.05) is 18.5 Å². The predicted octanol–water partition coefficient (Wildman–Crippen LogP) is 1.95. The molecule has 2 aliphatic rings. The van der Waals surface area contributed by atoms with E-state index in [-0.39, 0.29) is 24.3 Å². The van der Waals surface area contributed by atoms with Gasteiger partial charge in [-0.3, -0.25) is 9.59 Å². The van der Waals surface area contributed by atoms with Crippen molar-refractivity contribution in [2.45, 2.75) is 44.6 Å². The second-order valence-electron chi connectivity index (χ2n) is 6.89. The minimum Gasteiger partial charge on any atom is -0.394 e. The molecular weight excluding hydrogens is 292 g/mol. The minimum atomic E-state index is -0.432. The quantitative estimate of drug-likeness (QED) is 0.892. The lowest BCUT2D eigenvalue weighted by atomic mass is 9.89. The van der Waals surface area contributed by atoms with Gasteiger partial charge >= 0.3 is 0 Å². The summed E-state index contributed by atoms with van der Waals surface area (Å²) >= 11 is 0. The fourth-order valence-corrected chi connectivity index (χ4v) is 3.69. The maximum Gasteiger partial charge on any atom is 0.227 e. The number of nitrogens with zero attached hydrogens (tertiary/aromatic N) is 1. The second-order valence-corrected chi connectivity index (χ2v) is 6.89. The highest BCUT2D eigenvalue weighted by Crippen LogP contribution is 2.31. The van der Waals surface area contributed by atoms with E-state index >= 15 is 0 Å². The Morgan fingerprint density at radius 2 is 2.22 bits per heavy atom. The number of nitrogens with one attached hydrogen (secondary N) is 1. The molecule has 0 radical (unpaired) electrons. The van der Waals surface area contributed by atoms with E-state index in [0.29, 0.717) is 25.8 Å². The van der Waals surface area contributed by atoms with Crippen molar-refractivity contribution in [3.05, 3.63) is 29.8 Å². The third-order valence-electron chi connectivity index (χ3n) is 5.21. The number of aliphatic hydroxyl groups is 1. The van der Waals surface area contributed by atoms with Gasteiger partial charge in [0.15, 0.2) is 0 Å². The van der Waals surface area contributed by atoms with Crippen molar-refractivity contribution < 1.29 is 14.7 Å².